The number of carbonyl (C=O) groups is 1. The van der Waals surface area contributed by atoms with Crippen LogP contribution in [0.2, 0.25) is 0 Å². The average molecular weight is 360 g/mol. The highest BCUT2D eigenvalue weighted by molar-refractivity contribution is 5.91. The lowest BCUT2D eigenvalue weighted by Crippen LogP contribution is -2.12. The highest BCUT2D eigenvalue weighted by Crippen LogP contribution is 2.36. The molecule has 6 heteroatoms. The summed E-state index contributed by atoms with van der Waals surface area (Å²) in [6.07, 6.45) is -1.29. The fourth-order valence-electron chi connectivity index (χ4n) is 2.58. The van der Waals surface area contributed by atoms with E-state index in [4.69, 9.17) is 9.47 Å². The number of rotatable bonds is 3. The molecule has 26 heavy (non-hydrogen) atoms. The van der Waals surface area contributed by atoms with Crippen LogP contribution < -0.4 is 4.74 Å². The summed E-state index contributed by atoms with van der Waals surface area (Å²) in [7, 11) is 0. The summed E-state index contributed by atoms with van der Waals surface area (Å²) in [5.41, 5.74) is 1.18. The zero-order valence-corrected chi connectivity index (χ0v) is 13.8. The quantitative estimate of drug-likeness (QED) is 0.725. The first-order valence-corrected chi connectivity index (χ1v) is 7.94. The minimum Gasteiger partial charge on any atom is -0.460 e. The van der Waals surface area contributed by atoms with E-state index >= 15 is 0 Å². The van der Waals surface area contributed by atoms with Crippen LogP contribution in [0.5, 0.6) is 5.75 Å². The van der Waals surface area contributed by atoms with E-state index in [1.807, 2.05) is 0 Å². The molecule has 0 spiro atoms. The van der Waals surface area contributed by atoms with E-state index in [0.29, 0.717) is 22.4 Å². The molecule has 0 atom stereocenters. The van der Waals surface area contributed by atoms with Gasteiger partial charge in [0.25, 0.3) is 0 Å². The first kappa shape index (κ1) is 17.8. The number of hydrogen-bond acceptors (Lipinski definition) is 3. The third-order valence-electron chi connectivity index (χ3n) is 3.80. The molecule has 0 bridgehead atoms. The number of halogens is 3. The molecule has 0 saturated heterocycles. The van der Waals surface area contributed by atoms with Crippen LogP contribution in [0.4, 0.5) is 13.2 Å². The summed E-state index contributed by atoms with van der Waals surface area (Å²) in [6, 6.07) is 11.9. The minimum absolute atomic E-state index is 0.0150. The van der Waals surface area contributed by atoms with Gasteiger partial charge in [0.2, 0.25) is 5.76 Å². The van der Waals surface area contributed by atoms with Crippen molar-refractivity contribution in [3.63, 3.8) is 0 Å². The van der Waals surface area contributed by atoms with E-state index in [1.54, 1.807) is 37.3 Å². The Bertz CT molecular complexity index is 878. The second-order valence-corrected chi connectivity index (χ2v) is 5.51. The van der Waals surface area contributed by atoms with Crippen molar-refractivity contribution in [2.24, 2.45) is 0 Å². The Morgan fingerprint density at radius 2 is 1.73 bits per heavy atom. The van der Waals surface area contributed by atoms with Gasteiger partial charge in [-0.25, -0.2) is 4.79 Å². The first-order chi connectivity index (χ1) is 12.4. The lowest BCUT2D eigenvalue weighted by atomic mass is 9.96. The molecule has 1 heterocycles. The van der Waals surface area contributed by atoms with Gasteiger partial charge in [-0.1, -0.05) is 30.3 Å². The van der Waals surface area contributed by atoms with Crippen LogP contribution in [0.15, 0.2) is 66.4 Å². The zero-order chi connectivity index (χ0) is 18.7. The first-order valence-electron chi connectivity index (χ1n) is 7.94. The summed E-state index contributed by atoms with van der Waals surface area (Å²) in [5, 5.41) is 0. The Hall–Kier alpha value is -3.02. The molecule has 134 valence electrons. The Morgan fingerprint density at radius 1 is 1.04 bits per heavy atom. The largest absolute Gasteiger partial charge is 0.460 e. The summed E-state index contributed by atoms with van der Waals surface area (Å²) < 4.78 is 49.0. The number of alkyl halides is 3. The fourth-order valence-corrected chi connectivity index (χ4v) is 2.58. The van der Waals surface area contributed by atoms with Gasteiger partial charge in [-0.3, -0.25) is 0 Å². The predicted octanol–water partition coefficient (Wildman–Crippen LogP) is 4.98. The molecule has 1 aliphatic heterocycles. The molecule has 0 aliphatic carbocycles. The maximum absolute atomic E-state index is 12.8. The van der Waals surface area contributed by atoms with Gasteiger partial charge < -0.3 is 9.47 Å². The molecule has 3 nitrogen and oxygen atoms in total. The highest BCUT2D eigenvalue weighted by Gasteiger charge is 2.30. The van der Waals surface area contributed by atoms with Gasteiger partial charge in [0.05, 0.1) is 12.2 Å². The van der Waals surface area contributed by atoms with Crippen LogP contribution in [0.25, 0.3) is 5.57 Å². The fraction of sp³-hybridized carbons (Fsp3) is 0.150. The van der Waals surface area contributed by atoms with Crippen molar-refractivity contribution in [2.45, 2.75) is 13.1 Å². The second-order valence-electron chi connectivity index (χ2n) is 5.51. The molecule has 0 saturated carbocycles. The smallest absolute Gasteiger partial charge is 0.416 e. The summed E-state index contributed by atoms with van der Waals surface area (Å²) in [6.45, 7) is 1.89. The summed E-state index contributed by atoms with van der Waals surface area (Å²) >= 11 is 0. The van der Waals surface area contributed by atoms with E-state index in [2.05, 4.69) is 0 Å². The van der Waals surface area contributed by atoms with Gasteiger partial charge in [0.15, 0.2) is 0 Å². The monoisotopic (exact) mass is 360 g/mol. The third-order valence-corrected chi connectivity index (χ3v) is 3.80. The molecule has 0 amide bonds. The minimum atomic E-state index is -4.39. The third kappa shape index (κ3) is 3.64. The van der Waals surface area contributed by atoms with Crippen LogP contribution in [0.3, 0.4) is 0 Å². The van der Waals surface area contributed by atoms with Crippen LogP contribution in [-0.4, -0.2) is 12.6 Å². The van der Waals surface area contributed by atoms with Gasteiger partial charge in [-0.2, -0.15) is 13.2 Å². The van der Waals surface area contributed by atoms with E-state index in [9.17, 15) is 18.0 Å². The number of esters is 1. The van der Waals surface area contributed by atoms with Crippen molar-refractivity contribution >= 4 is 11.5 Å². The number of ether oxygens (including phenoxy) is 2. The molecule has 1 aliphatic rings. The normalized spacial score (nSPS) is 13.7. The van der Waals surface area contributed by atoms with Crippen LogP contribution in [-0.2, 0) is 15.7 Å². The van der Waals surface area contributed by atoms with E-state index in [-0.39, 0.29) is 12.4 Å². The van der Waals surface area contributed by atoms with E-state index < -0.39 is 17.7 Å². The second kappa shape index (κ2) is 7.07. The average Bonchev–Trinajstić information content (AvgIpc) is 2.81. The standard InChI is InChI=1S/C20H15F3O3/c1-2-25-19(24)18-12-11-15(16-5-3-4-6-17(16)26-18)13-7-9-14(10-8-13)20(21,22)23/h3-12H,2H2,1H3. The topological polar surface area (TPSA) is 35.5 Å². The molecule has 0 aromatic heterocycles. The van der Waals surface area contributed by atoms with Crippen molar-refractivity contribution in [3.05, 3.63) is 83.1 Å². The summed E-state index contributed by atoms with van der Waals surface area (Å²) in [4.78, 5) is 12.0. The lowest BCUT2D eigenvalue weighted by molar-refractivity contribution is -0.141. The van der Waals surface area contributed by atoms with Crippen molar-refractivity contribution in [3.8, 4) is 5.75 Å². The van der Waals surface area contributed by atoms with Crippen molar-refractivity contribution < 1.29 is 27.4 Å². The Balaban J connectivity index is 2.05. The Labute approximate surface area is 148 Å². The summed E-state index contributed by atoms with van der Waals surface area (Å²) in [5.74, 6) is -0.163. The van der Waals surface area contributed by atoms with Crippen LogP contribution in [0, 0.1) is 0 Å². The number of fused-ring (bicyclic) bond motifs is 1. The molecule has 2 aromatic rings. The molecule has 0 fully saturated rings. The molecular formula is C20H15F3O3. The Kier molecular flexibility index (Phi) is 4.84. The van der Waals surface area contributed by atoms with E-state index in [1.165, 1.54) is 18.2 Å². The Morgan fingerprint density at radius 3 is 2.38 bits per heavy atom. The van der Waals surface area contributed by atoms with Crippen molar-refractivity contribution in [1.29, 1.82) is 0 Å². The number of para-hydroxylation sites is 1. The number of benzene rings is 2. The molecular weight excluding hydrogens is 345 g/mol. The van der Waals surface area contributed by atoms with Crippen LogP contribution >= 0.6 is 0 Å². The van der Waals surface area contributed by atoms with Gasteiger partial charge >= 0.3 is 12.1 Å². The molecule has 0 N–H and O–H groups in total. The molecule has 3 rings (SSSR count). The van der Waals surface area contributed by atoms with Crippen molar-refractivity contribution in [1.82, 2.24) is 0 Å². The van der Waals surface area contributed by atoms with Gasteiger partial charge in [0, 0.05) is 5.56 Å². The number of allylic oxidation sites excluding steroid dienone is 2. The zero-order valence-electron chi connectivity index (χ0n) is 13.8. The number of carbonyl (C=O) groups excluding carboxylic acids is 1. The number of hydrogen-bond donors (Lipinski definition) is 0. The van der Waals surface area contributed by atoms with Gasteiger partial charge in [-0.05, 0) is 48.4 Å². The molecule has 0 radical (unpaired) electrons. The van der Waals surface area contributed by atoms with Gasteiger partial charge in [-0.15, -0.1) is 0 Å². The lowest BCUT2D eigenvalue weighted by Gasteiger charge is -2.13. The van der Waals surface area contributed by atoms with Crippen molar-refractivity contribution in [2.75, 3.05) is 6.61 Å². The van der Waals surface area contributed by atoms with Crippen LogP contribution in [0.1, 0.15) is 23.6 Å². The molecule has 2 aromatic carbocycles. The van der Waals surface area contributed by atoms with Gasteiger partial charge in [0.1, 0.15) is 5.75 Å². The maximum atomic E-state index is 12.8. The maximum Gasteiger partial charge on any atom is 0.416 e. The predicted molar refractivity (Wildman–Crippen MR) is 90.3 cm³/mol. The molecule has 0 unspecified atom stereocenters. The van der Waals surface area contributed by atoms with E-state index in [0.717, 1.165) is 12.1 Å². The SMILES string of the molecule is CCOC(=O)C1=CC=C(c2ccc(C(F)(F)F)cc2)c2ccccc2O1. The highest BCUT2D eigenvalue weighted by atomic mass is 19.4.